The van der Waals surface area contributed by atoms with Gasteiger partial charge in [0.15, 0.2) is 23.0 Å². The van der Waals surface area contributed by atoms with E-state index >= 15 is 0 Å². The van der Waals surface area contributed by atoms with E-state index < -0.39 is 23.1 Å². The van der Waals surface area contributed by atoms with Crippen LogP contribution in [-0.2, 0) is 13.0 Å². The van der Waals surface area contributed by atoms with Crippen molar-refractivity contribution in [2.75, 3.05) is 6.54 Å². The average Bonchev–Trinajstić information content (AvgIpc) is 3.60. The predicted molar refractivity (Wildman–Crippen MR) is 140 cm³/mol. The molecule has 0 radical (unpaired) electrons. The van der Waals surface area contributed by atoms with Crippen LogP contribution in [0.25, 0.3) is 11.5 Å². The second kappa shape index (κ2) is 10.5. The predicted octanol–water partition coefficient (Wildman–Crippen LogP) is 3.38. The molecule has 4 aromatic heterocycles. The van der Waals surface area contributed by atoms with Crippen LogP contribution >= 0.6 is 0 Å². The number of hydrogen-bond donors (Lipinski definition) is 2. The fourth-order valence-electron chi connectivity index (χ4n) is 4.30. The molecule has 1 atom stereocenters. The lowest BCUT2D eigenvalue weighted by molar-refractivity contribution is 0.0937. The number of carbonyl (C=O) groups is 1. The van der Waals surface area contributed by atoms with E-state index in [0.29, 0.717) is 34.4 Å². The lowest BCUT2D eigenvalue weighted by atomic mass is 9.99. The number of nitrogens with one attached hydrogen (secondary N) is 1. The molecule has 0 aliphatic carbocycles. The molecule has 1 unspecified atom stereocenters. The maximum absolute atomic E-state index is 14.1. The minimum Gasteiger partial charge on any atom is -0.485 e. The zero-order valence-electron chi connectivity index (χ0n) is 22.4. The highest BCUT2D eigenvalue weighted by Crippen LogP contribution is 2.26. The van der Waals surface area contributed by atoms with Crippen molar-refractivity contribution in [3.05, 3.63) is 88.6 Å². The average molecular weight is 551 g/mol. The van der Waals surface area contributed by atoms with E-state index in [1.54, 1.807) is 43.5 Å². The number of fused-ring (bicyclic) bond motifs is 1. The summed E-state index contributed by atoms with van der Waals surface area (Å²) in [6.07, 6.45) is 3.54. The third-order valence-electron chi connectivity index (χ3n) is 6.25. The molecule has 11 nitrogen and oxygen atoms in total. The number of imidazole rings is 1. The van der Waals surface area contributed by atoms with Gasteiger partial charge in [0.25, 0.3) is 5.91 Å². The van der Waals surface area contributed by atoms with E-state index in [0.717, 1.165) is 5.56 Å². The normalized spacial score (nSPS) is 13.0. The highest BCUT2D eigenvalue weighted by atomic mass is 19.1. The summed E-state index contributed by atoms with van der Waals surface area (Å²) >= 11 is 0. The lowest BCUT2D eigenvalue weighted by Gasteiger charge is -2.23. The van der Waals surface area contributed by atoms with Crippen molar-refractivity contribution in [2.45, 2.75) is 46.3 Å². The molecule has 0 aliphatic heterocycles. The van der Waals surface area contributed by atoms with Crippen LogP contribution in [0.5, 0.6) is 5.75 Å². The molecule has 40 heavy (non-hydrogen) atoms. The first-order valence-corrected chi connectivity index (χ1v) is 12.5. The molecule has 5 aromatic rings. The third kappa shape index (κ3) is 5.54. The Morgan fingerprint density at radius 1 is 1.20 bits per heavy atom. The van der Waals surface area contributed by atoms with Gasteiger partial charge in [-0.2, -0.15) is 4.68 Å². The molecule has 1 amide bonds. The number of carbonyl (C=O) groups excluding carboxylic acids is 1. The monoisotopic (exact) mass is 550 g/mol. The number of hydrogen-bond acceptors (Lipinski definition) is 8. The molecule has 0 spiro atoms. The summed E-state index contributed by atoms with van der Waals surface area (Å²) in [6, 6.07) is 7.05. The van der Waals surface area contributed by atoms with Crippen molar-refractivity contribution in [1.82, 2.24) is 34.6 Å². The van der Waals surface area contributed by atoms with Crippen LogP contribution < -0.4 is 15.8 Å². The number of rotatable bonds is 9. The van der Waals surface area contributed by atoms with Crippen LogP contribution in [-0.4, -0.2) is 47.3 Å². The minimum atomic E-state index is -0.871. The molecule has 0 saturated heterocycles. The SMILES string of the molecule is Cc1cc(OCc2c(F)cccc2F)c2nc(C)c(C(=O)NCC(C)(N)Cc3ncn(-c4cc(C)on4)n3)n2c1. The third-order valence-corrected chi connectivity index (χ3v) is 6.25. The van der Waals surface area contributed by atoms with Gasteiger partial charge >= 0.3 is 0 Å². The molecular formula is C27H28F2N8O3. The maximum atomic E-state index is 14.1. The Morgan fingerprint density at radius 2 is 1.95 bits per heavy atom. The largest absolute Gasteiger partial charge is 0.485 e. The van der Waals surface area contributed by atoms with E-state index in [1.165, 1.54) is 29.2 Å². The smallest absolute Gasteiger partial charge is 0.270 e. The van der Waals surface area contributed by atoms with Gasteiger partial charge in [0, 0.05) is 30.8 Å². The number of nitrogens with two attached hydrogens (primary N) is 1. The van der Waals surface area contributed by atoms with Gasteiger partial charge in [0.05, 0.1) is 11.3 Å². The molecule has 0 aliphatic rings. The molecule has 208 valence electrons. The summed E-state index contributed by atoms with van der Waals surface area (Å²) in [5, 5.41) is 11.2. The highest BCUT2D eigenvalue weighted by Gasteiger charge is 2.26. The van der Waals surface area contributed by atoms with Crippen molar-refractivity contribution < 1.29 is 22.8 Å². The molecule has 0 fully saturated rings. The van der Waals surface area contributed by atoms with Crippen LogP contribution in [0.3, 0.4) is 0 Å². The molecule has 4 heterocycles. The van der Waals surface area contributed by atoms with Gasteiger partial charge in [-0.15, -0.1) is 5.10 Å². The lowest BCUT2D eigenvalue weighted by Crippen LogP contribution is -2.49. The van der Waals surface area contributed by atoms with Crippen LogP contribution in [0.15, 0.2) is 47.4 Å². The molecular weight excluding hydrogens is 522 g/mol. The van der Waals surface area contributed by atoms with Crippen LogP contribution in [0, 0.1) is 32.4 Å². The maximum Gasteiger partial charge on any atom is 0.270 e. The summed E-state index contributed by atoms with van der Waals surface area (Å²) in [7, 11) is 0. The van der Waals surface area contributed by atoms with Crippen molar-refractivity contribution >= 4 is 11.6 Å². The Morgan fingerprint density at radius 3 is 2.65 bits per heavy atom. The second-order valence-electron chi connectivity index (χ2n) is 10.0. The Labute approximate surface area is 228 Å². The summed E-state index contributed by atoms with van der Waals surface area (Å²) in [4.78, 5) is 22.1. The molecule has 0 bridgehead atoms. The number of nitrogens with zero attached hydrogens (tertiary/aromatic N) is 6. The topological polar surface area (TPSA) is 138 Å². The molecule has 1 aromatic carbocycles. The number of halogens is 2. The number of aromatic nitrogens is 6. The van der Waals surface area contributed by atoms with Crippen molar-refractivity contribution in [2.24, 2.45) is 5.73 Å². The van der Waals surface area contributed by atoms with E-state index in [-0.39, 0.29) is 30.9 Å². The van der Waals surface area contributed by atoms with Gasteiger partial charge in [0.2, 0.25) is 0 Å². The Hall–Kier alpha value is -4.65. The van der Waals surface area contributed by atoms with Gasteiger partial charge in [-0.1, -0.05) is 11.2 Å². The van der Waals surface area contributed by atoms with Crippen molar-refractivity contribution in [3.8, 4) is 11.6 Å². The second-order valence-corrected chi connectivity index (χ2v) is 10.0. The van der Waals surface area contributed by atoms with E-state index in [9.17, 15) is 13.6 Å². The summed E-state index contributed by atoms with van der Waals surface area (Å²) in [5.74, 6) is 0.117. The molecule has 0 saturated carbocycles. The van der Waals surface area contributed by atoms with E-state index in [4.69, 9.17) is 15.0 Å². The fraction of sp³-hybridized carbons (Fsp3) is 0.296. The van der Waals surface area contributed by atoms with Crippen LogP contribution in [0.1, 0.15) is 45.8 Å². The Kier molecular flexibility index (Phi) is 7.06. The summed E-state index contributed by atoms with van der Waals surface area (Å²) in [6.45, 7) is 6.86. The first-order valence-electron chi connectivity index (χ1n) is 12.5. The van der Waals surface area contributed by atoms with Gasteiger partial charge in [-0.05, 0) is 51.5 Å². The first-order chi connectivity index (χ1) is 19.0. The van der Waals surface area contributed by atoms with Gasteiger partial charge < -0.3 is 20.3 Å². The van der Waals surface area contributed by atoms with Crippen molar-refractivity contribution in [3.63, 3.8) is 0 Å². The summed E-state index contributed by atoms with van der Waals surface area (Å²) in [5.41, 5.74) is 7.26. The molecule has 5 rings (SSSR count). The number of pyridine rings is 1. The number of amides is 1. The molecule has 13 heteroatoms. The summed E-state index contributed by atoms with van der Waals surface area (Å²) < 4.78 is 42.1. The van der Waals surface area contributed by atoms with Crippen LogP contribution in [0.4, 0.5) is 8.78 Å². The van der Waals surface area contributed by atoms with E-state index in [2.05, 4.69) is 25.5 Å². The first kappa shape index (κ1) is 26.9. The van der Waals surface area contributed by atoms with Crippen LogP contribution in [0.2, 0.25) is 0 Å². The van der Waals surface area contributed by atoms with Gasteiger partial charge in [0.1, 0.15) is 36.0 Å². The Balaban J connectivity index is 1.30. The number of benzene rings is 1. The van der Waals surface area contributed by atoms with E-state index in [1.807, 2.05) is 6.92 Å². The molecule has 3 N–H and O–H groups in total. The quantitative estimate of drug-likeness (QED) is 0.285. The zero-order valence-corrected chi connectivity index (χ0v) is 22.4. The fourth-order valence-corrected chi connectivity index (χ4v) is 4.30. The van der Waals surface area contributed by atoms with Gasteiger partial charge in [-0.25, -0.2) is 18.7 Å². The minimum absolute atomic E-state index is 0.123. The Bertz CT molecular complexity index is 1690. The highest BCUT2D eigenvalue weighted by molar-refractivity contribution is 5.95. The zero-order chi connectivity index (χ0) is 28.6. The number of ether oxygens (including phenoxy) is 1. The standard InChI is InChI=1S/C27H28F2N8O3/c1-15-8-21(39-12-18-19(28)6-5-7-20(18)29)25-33-17(3)24(36(25)11-15)26(38)31-13-27(4,30)10-22-32-14-37(34-22)23-9-16(2)40-35-23/h5-9,11,14H,10,12-13,30H2,1-4H3,(H,31,38). The van der Waals surface area contributed by atoms with Crippen molar-refractivity contribution in [1.29, 1.82) is 0 Å². The van der Waals surface area contributed by atoms with Gasteiger partial charge in [-0.3, -0.25) is 9.20 Å². The number of aryl methyl sites for hydroxylation is 3.